The molecule has 3 unspecified atom stereocenters. The second-order valence-corrected chi connectivity index (χ2v) is 11.3. The van der Waals surface area contributed by atoms with Gasteiger partial charge >= 0.3 is 24.4 Å². The highest BCUT2D eigenvalue weighted by atomic mass is 16.8. The van der Waals surface area contributed by atoms with E-state index in [-0.39, 0.29) is 48.4 Å². The molecule has 0 aliphatic rings. The van der Waals surface area contributed by atoms with E-state index < -0.39 is 48.8 Å². The third kappa shape index (κ3) is 13.4. The summed E-state index contributed by atoms with van der Waals surface area (Å²) in [6.07, 6.45) is -4.80. The third-order valence-electron chi connectivity index (χ3n) is 6.57. The molecule has 0 saturated carbocycles. The van der Waals surface area contributed by atoms with Crippen molar-refractivity contribution in [2.24, 2.45) is 23.5 Å². The SMILES string of the molecule is CC(COC(=O)OC(C)C(C)C)OC(=O)[C@@H](N)Cc1ccc(OC(=O)O[C@@H](C)C(C)C)c(OC(=O)OC(C)C(C)C)c1. The van der Waals surface area contributed by atoms with Gasteiger partial charge in [-0.1, -0.05) is 47.6 Å². The van der Waals surface area contributed by atoms with Crippen LogP contribution in [0.2, 0.25) is 0 Å². The summed E-state index contributed by atoms with van der Waals surface area (Å²) in [7, 11) is 0. The Morgan fingerprint density at radius 3 is 1.57 bits per heavy atom. The van der Waals surface area contributed by atoms with Gasteiger partial charge in [-0.2, -0.15) is 0 Å². The molecule has 0 aliphatic carbocycles. The predicted molar refractivity (Wildman–Crippen MR) is 153 cm³/mol. The lowest BCUT2D eigenvalue weighted by atomic mass is 10.1. The minimum atomic E-state index is -1.11. The van der Waals surface area contributed by atoms with Gasteiger partial charge < -0.3 is 38.9 Å². The van der Waals surface area contributed by atoms with Gasteiger partial charge in [-0.05, 0) is 69.6 Å². The topological polar surface area (TPSA) is 159 Å². The van der Waals surface area contributed by atoms with Gasteiger partial charge in [-0.3, -0.25) is 4.79 Å². The van der Waals surface area contributed by atoms with Crippen LogP contribution in [0.5, 0.6) is 11.5 Å². The average molecular weight is 598 g/mol. The van der Waals surface area contributed by atoms with E-state index in [1.165, 1.54) is 12.1 Å². The van der Waals surface area contributed by atoms with Crippen molar-refractivity contribution in [3.63, 3.8) is 0 Å². The summed E-state index contributed by atoms with van der Waals surface area (Å²) in [6.45, 7) is 17.9. The first-order valence-electron chi connectivity index (χ1n) is 14.2. The highest BCUT2D eigenvalue weighted by molar-refractivity contribution is 5.76. The van der Waals surface area contributed by atoms with Gasteiger partial charge in [0.15, 0.2) is 11.5 Å². The molecule has 12 heteroatoms. The zero-order chi connectivity index (χ0) is 32.1. The van der Waals surface area contributed by atoms with Crippen LogP contribution in [0.15, 0.2) is 18.2 Å². The molecular weight excluding hydrogens is 550 g/mol. The minimum absolute atomic E-state index is 0.0106. The van der Waals surface area contributed by atoms with Crippen molar-refractivity contribution in [3.8, 4) is 11.5 Å². The molecule has 1 rings (SSSR count). The highest BCUT2D eigenvalue weighted by Crippen LogP contribution is 2.30. The Bertz CT molecular complexity index is 1040. The molecule has 0 radical (unpaired) electrons. The molecule has 0 fully saturated rings. The van der Waals surface area contributed by atoms with Crippen molar-refractivity contribution in [2.75, 3.05) is 6.61 Å². The number of hydrogen-bond donors (Lipinski definition) is 1. The Balaban J connectivity index is 2.92. The van der Waals surface area contributed by atoms with Gasteiger partial charge in [0, 0.05) is 0 Å². The number of rotatable bonds is 14. The summed E-state index contributed by atoms with van der Waals surface area (Å²) >= 11 is 0. The maximum absolute atomic E-state index is 12.6. The quantitative estimate of drug-likeness (QED) is 0.156. The van der Waals surface area contributed by atoms with E-state index in [1.807, 2.05) is 41.5 Å². The number of esters is 1. The molecule has 0 saturated heterocycles. The molecule has 2 N–H and O–H groups in total. The van der Waals surface area contributed by atoms with Gasteiger partial charge in [0.1, 0.15) is 37.1 Å². The maximum Gasteiger partial charge on any atom is 0.514 e. The Morgan fingerprint density at radius 2 is 1.10 bits per heavy atom. The zero-order valence-corrected chi connectivity index (χ0v) is 26.3. The second-order valence-electron chi connectivity index (χ2n) is 11.3. The fourth-order valence-electron chi connectivity index (χ4n) is 2.81. The van der Waals surface area contributed by atoms with E-state index in [4.69, 9.17) is 38.9 Å². The molecule has 12 nitrogen and oxygen atoms in total. The Morgan fingerprint density at radius 1 is 0.643 bits per heavy atom. The predicted octanol–water partition coefficient (Wildman–Crippen LogP) is 5.81. The molecule has 0 spiro atoms. The first-order chi connectivity index (χ1) is 19.5. The van der Waals surface area contributed by atoms with Gasteiger partial charge in [-0.15, -0.1) is 0 Å². The summed E-state index contributed by atoms with van der Waals surface area (Å²) in [4.78, 5) is 49.1. The van der Waals surface area contributed by atoms with E-state index in [0.717, 1.165) is 0 Å². The average Bonchev–Trinajstić information content (AvgIpc) is 2.88. The van der Waals surface area contributed by atoms with Gasteiger partial charge in [-0.25, -0.2) is 14.4 Å². The second kappa shape index (κ2) is 17.4. The number of ether oxygens (including phenoxy) is 7. The van der Waals surface area contributed by atoms with Crippen molar-refractivity contribution < 1.29 is 52.3 Å². The van der Waals surface area contributed by atoms with E-state index in [9.17, 15) is 19.2 Å². The molecular formula is C30H47NO11. The largest absolute Gasteiger partial charge is 0.514 e. The maximum atomic E-state index is 12.6. The number of carbonyl (C=O) groups is 4. The number of nitrogens with two attached hydrogens (primary N) is 1. The summed E-state index contributed by atoms with van der Waals surface area (Å²) in [5.74, 6) is -0.740. The molecule has 238 valence electrons. The molecule has 0 aromatic heterocycles. The van der Waals surface area contributed by atoms with Crippen LogP contribution >= 0.6 is 0 Å². The summed E-state index contributed by atoms with van der Waals surface area (Å²) in [6, 6.07) is 3.24. The molecule has 1 aromatic carbocycles. The zero-order valence-electron chi connectivity index (χ0n) is 26.3. The number of hydrogen-bond acceptors (Lipinski definition) is 12. The standard InChI is InChI=1S/C30H47NO11/c1-16(2)20(8)38-28(33)36-15-19(7)37-27(32)24(31)13-23-11-12-25(41-29(34)39-21(9)17(3)4)26(14-23)42-30(35)40-22(10)18(5)6/h11-12,14,16-22,24H,13,15,31H2,1-10H3/t19?,20?,21-,22?,24-/m0/s1. The van der Waals surface area contributed by atoms with Crippen molar-refractivity contribution in [1.82, 2.24) is 0 Å². The van der Waals surface area contributed by atoms with Crippen LogP contribution in [0.1, 0.15) is 74.8 Å². The van der Waals surface area contributed by atoms with Crippen LogP contribution in [0.3, 0.4) is 0 Å². The van der Waals surface area contributed by atoms with Crippen molar-refractivity contribution in [1.29, 1.82) is 0 Å². The number of benzene rings is 1. The lowest BCUT2D eigenvalue weighted by Gasteiger charge is -2.20. The van der Waals surface area contributed by atoms with E-state index in [0.29, 0.717) is 5.56 Å². The molecule has 5 atom stereocenters. The van der Waals surface area contributed by atoms with E-state index in [1.54, 1.807) is 33.8 Å². The van der Waals surface area contributed by atoms with Crippen LogP contribution in [-0.4, -0.2) is 61.5 Å². The van der Waals surface area contributed by atoms with E-state index in [2.05, 4.69) is 0 Å². The Kier molecular flexibility index (Phi) is 15.1. The molecule has 42 heavy (non-hydrogen) atoms. The fourth-order valence-corrected chi connectivity index (χ4v) is 2.81. The van der Waals surface area contributed by atoms with Crippen LogP contribution < -0.4 is 15.2 Å². The summed E-state index contributed by atoms with van der Waals surface area (Å²) in [5.41, 5.74) is 6.54. The first-order valence-corrected chi connectivity index (χ1v) is 14.2. The van der Waals surface area contributed by atoms with Gasteiger partial charge in [0.05, 0.1) is 0 Å². The lowest BCUT2D eigenvalue weighted by Crippen LogP contribution is -2.37. The van der Waals surface area contributed by atoms with Crippen LogP contribution in [-0.2, 0) is 34.9 Å². The normalized spacial score (nSPS) is 14.8. The number of carbonyl (C=O) groups excluding carboxylic acids is 4. The summed E-state index contributed by atoms with van der Waals surface area (Å²) in [5, 5.41) is 0. The monoisotopic (exact) mass is 597 g/mol. The molecule has 0 amide bonds. The van der Waals surface area contributed by atoms with Gasteiger partial charge in [0.2, 0.25) is 0 Å². The third-order valence-corrected chi connectivity index (χ3v) is 6.57. The molecule has 0 bridgehead atoms. The Hall–Kier alpha value is -3.54. The fraction of sp³-hybridized carbons (Fsp3) is 0.667. The first kappa shape index (κ1) is 36.5. The van der Waals surface area contributed by atoms with Crippen molar-refractivity contribution in [2.45, 2.75) is 106 Å². The molecule has 1 aromatic rings. The smallest absolute Gasteiger partial charge is 0.458 e. The van der Waals surface area contributed by atoms with Crippen molar-refractivity contribution in [3.05, 3.63) is 23.8 Å². The van der Waals surface area contributed by atoms with Crippen LogP contribution in [0.4, 0.5) is 14.4 Å². The molecule has 0 aliphatic heterocycles. The highest BCUT2D eigenvalue weighted by Gasteiger charge is 2.24. The van der Waals surface area contributed by atoms with Crippen molar-refractivity contribution >= 4 is 24.4 Å². The van der Waals surface area contributed by atoms with Crippen LogP contribution in [0, 0.1) is 17.8 Å². The summed E-state index contributed by atoms with van der Waals surface area (Å²) < 4.78 is 36.6. The molecule has 0 heterocycles. The Labute approximate surface area is 248 Å². The lowest BCUT2D eigenvalue weighted by molar-refractivity contribution is -0.152. The van der Waals surface area contributed by atoms with E-state index >= 15 is 0 Å². The van der Waals surface area contributed by atoms with Crippen LogP contribution in [0.25, 0.3) is 0 Å². The minimum Gasteiger partial charge on any atom is -0.458 e. The van der Waals surface area contributed by atoms with Gasteiger partial charge in [0.25, 0.3) is 0 Å².